The van der Waals surface area contributed by atoms with Crippen LogP contribution < -0.4 is 0 Å². The predicted molar refractivity (Wildman–Crippen MR) is 82.3 cm³/mol. The van der Waals surface area contributed by atoms with Crippen molar-refractivity contribution in [1.82, 2.24) is 9.80 Å². The number of amides is 2. The zero-order valence-electron chi connectivity index (χ0n) is 13.2. The van der Waals surface area contributed by atoms with Gasteiger partial charge in [0.05, 0.1) is 0 Å². The highest BCUT2D eigenvalue weighted by Gasteiger charge is 2.37. The van der Waals surface area contributed by atoms with Crippen molar-refractivity contribution in [3.63, 3.8) is 0 Å². The summed E-state index contributed by atoms with van der Waals surface area (Å²) >= 11 is 0. The second-order valence-electron chi connectivity index (χ2n) is 5.55. The van der Waals surface area contributed by atoms with E-state index < -0.39 is 11.5 Å². The molecule has 5 nitrogen and oxygen atoms in total. The number of rotatable bonds is 6. The van der Waals surface area contributed by atoms with Crippen molar-refractivity contribution in [1.29, 1.82) is 0 Å². The predicted octanol–water partition coefficient (Wildman–Crippen LogP) is 2.47. The molecule has 0 saturated carbocycles. The lowest BCUT2D eigenvalue weighted by molar-refractivity contribution is -0.147. The second kappa shape index (κ2) is 7.11. The van der Waals surface area contributed by atoms with Crippen LogP contribution in [0.15, 0.2) is 30.3 Å². The molecule has 0 atom stereocenters. The largest absolute Gasteiger partial charge is 0.480 e. The van der Waals surface area contributed by atoms with Gasteiger partial charge in [0.25, 0.3) is 0 Å². The molecule has 0 spiro atoms. The molecule has 0 saturated heterocycles. The van der Waals surface area contributed by atoms with E-state index >= 15 is 0 Å². The van der Waals surface area contributed by atoms with Crippen LogP contribution in [0.2, 0.25) is 0 Å². The first-order chi connectivity index (χ1) is 9.80. The van der Waals surface area contributed by atoms with Crippen molar-refractivity contribution in [2.75, 3.05) is 20.1 Å². The van der Waals surface area contributed by atoms with Crippen molar-refractivity contribution >= 4 is 12.0 Å². The Morgan fingerprint density at radius 3 is 2.24 bits per heavy atom. The molecule has 0 heterocycles. The molecular weight excluding hydrogens is 268 g/mol. The highest BCUT2D eigenvalue weighted by molar-refractivity contribution is 5.85. The van der Waals surface area contributed by atoms with Crippen LogP contribution in [0.3, 0.4) is 0 Å². The number of urea groups is 1. The minimum atomic E-state index is -1.22. The Labute approximate surface area is 126 Å². The SMILES string of the molecule is CCN(C(=O)N(C)CCc1ccccc1)C(C)(C)C(=O)O. The number of carbonyl (C=O) groups excluding carboxylic acids is 1. The standard InChI is InChI=1S/C16H24N2O3/c1-5-18(16(2,3)14(19)20)15(21)17(4)12-11-13-9-7-6-8-10-13/h6-10H,5,11-12H2,1-4H3,(H,19,20). The van der Waals surface area contributed by atoms with Gasteiger partial charge in [-0.1, -0.05) is 30.3 Å². The van der Waals surface area contributed by atoms with Gasteiger partial charge < -0.3 is 14.9 Å². The minimum absolute atomic E-state index is 0.263. The van der Waals surface area contributed by atoms with Crippen molar-refractivity contribution in [2.24, 2.45) is 0 Å². The summed E-state index contributed by atoms with van der Waals surface area (Å²) in [6.07, 6.45) is 0.744. The second-order valence-corrected chi connectivity index (χ2v) is 5.55. The van der Waals surface area contributed by atoms with E-state index in [4.69, 9.17) is 0 Å². The molecule has 21 heavy (non-hydrogen) atoms. The van der Waals surface area contributed by atoms with Crippen LogP contribution in [-0.2, 0) is 11.2 Å². The normalized spacial score (nSPS) is 11.0. The number of carboxylic acid groups (broad SMARTS) is 1. The number of hydrogen-bond donors (Lipinski definition) is 1. The number of aliphatic carboxylic acids is 1. The van der Waals surface area contributed by atoms with Gasteiger partial charge in [-0.2, -0.15) is 0 Å². The third-order valence-corrected chi connectivity index (χ3v) is 3.65. The molecule has 0 radical (unpaired) electrons. The van der Waals surface area contributed by atoms with E-state index in [9.17, 15) is 14.7 Å². The van der Waals surface area contributed by atoms with Gasteiger partial charge in [-0.25, -0.2) is 9.59 Å². The summed E-state index contributed by atoms with van der Waals surface area (Å²) in [4.78, 5) is 26.7. The molecule has 1 aromatic rings. The fourth-order valence-electron chi connectivity index (χ4n) is 2.13. The number of carboxylic acids is 1. The zero-order valence-corrected chi connectivity index (χ0v) is 13.2. The molecule has 0 aliphatic rings. The summed E-state index contributed by atoms with van der Waals surface area (Å²) in [5.41, 5.74) is -0.0648. The highest BCUT2D eigenvalue weighted by Crippen LogP contribution is 2.16. The molecule has 0 fully saturated rings. The average Bonchev–Trinajstić information content (AvgIpc) is 2.46. The average molecular weight is 292 g/mol. The van der Waals surface area contributed by atoms with Crippen LogP contribution in [0.5, 0.6) is 0 Å². The molecule has 2 amide bonds. The van der Waals surface area contributed by atoms with E-state index in [1.165, 1.54) is 4.90 Å². The summed E-state index contributed by atoms with van der Waals surface area (Å²) in [5.74, 6) is -1.01. The van der Waals surface area contributed by atoms with Gasteiger partial charge in [0.1, 0.15) is 5.54 Å². The fraction of sp³-hybridized carbons (Fsp3) is 0.500. The zero-order chi connectivity index (χ0) is 16.0. The maximum absolute atomic E-state index is 12.4. The van der Waals surface area contributed by atoms with E-state index in [0.29, 0.717) is 13.1 Å². The van der Waals surface area contributed by atoms with E-state index in [2.05, 4.69) is 0 Å². The van der Waals surface area contributed by atoms with Crippen molar-refractivity contribution in [3.8, 4) is 0 Å². The van der Waals surface area contributed by atoms with Gasteiger partial charge in [-0.05, 0) is 32.8 Å². The van der Waals surface area contributed by atoms with Crippen LogP contribution in [0.1, 0.15) is 26.3 Å². The Morgan fingerprint density at radius 2 is 1.76 bits per heavy atom. The lowest BCUT2D eigenvalue weighted by Crippen LogP contribution is -2.56. The highest BCUT2D eigenvalue weighted by atomic mass is 16.4. The quantitative estimate of drug-likeness (QED) is 0.876. The van der Waals surface area contributed by atoms with Crippen molar-refractivity contribution < 1.29 is 14.7 Å². The monoisotopic (exact) mass is 292 g/mol. The fourth-order valence-corrected chi connectivity index (χ4v) is 2.13. The van der Waals surface area contributed by atoms with Gasteiger partial charge in [0.2, 0.25) is 0 Å². The summed E-state index contributed by atoms with van der Waals surface area (Å²) in [5, 5.41) is 9.27. The Kier molecular flexibility index (Phi) is 5.76. The van der Waals surface area contributed by atoms with Gasteiger partial charge in [0, 0.05) is 20.1 Å². The molecule has 1 aromatic carbocycles. The lowest BCUT2D eigenvalue weighted by atomic mass is 10.0. The first kappa shape index (κ1) is 17.0. The smallest absolute Gasteiger partial charge is 0.329 e. The first-order valence-electron chi connectivity index (χ1n) is 7.10. The van der Waals surface area contributed by atoms with Gasteiger partial charge in [0.15, 0.2) is 0 Å². The number of benzene rings is 1. The third kappa shape index (κ3) is 4.21. The Morgan fingerprint density at radius 1 is 1.19 bits per heavy atom. The number of carbonyl (C=O) groups is 2. The minimum Gasteiger partial charge on any atom is -0.480 e. The molecule has 1 rings (SSSR count). The molecule has 0 aromatic heterocycles. The van der Waals surface area contributed by atoms with Gasteiger partial charge >= 0.3 is 12.0 Å². The third-order valence-electron chi connectivity index (χ3n) is 3.65. The Bertz CT molecular complexity index is 486. The molecule has 0 bridgehead atoms. The summed E-state index contributed by atoms with van der Waals surface area (Å²) < 4.78 is 0. The van der Waals surface area contributed by atoms with E-state index in [0.717, 1.165) is 12.0 Å². The van der Waals surface area contributed by atoms with Crippen molar-refractivity contribution in [2.45, 2.75) is 32.7 Å². The summed E-state index contributed by atoms with van der Waals surface area (Å²) in [6.45, 7) is 5.78. The molecule has 0 aliphatic heterocycles. The number of nitrogens with zero attached hydrogens (tertiary/aromatic N) is 2. The van der Waals surface area contributed by atoms with E-state index in [1.807, 2.05) is 30.3 Å². The lowest BCUT2D eigenvalue weighted by Gasteiger charge is -2.37. The van der Waals surface area contributed by atoms with Gasteiger partial charge in [-0.15, -0.1) is 0 Å². The van der Waals surface area contributed by atoms with E-state index in [-0.39, 0.29) is 6.03 Å². The molecule has 0 unspecified atom stereocenters. The summed E-state index contributed by atoms with van der Waals surface area (Å²) in [6, 6.07) is 9.63. The topological polar surface area (TPSA) is 60.9 Å². The van der Waals surface area contributed by atoms with Crippen LogP contribution in [0, 0.1) is 0 Å². The maximum Gasteiger partial charge on any atom is 0.329 e. The Hall–Kier alpha value is -2.04. The van der Waals surface area contributed by atoms with Crippen LogP contribution in [-0.4, -0.2) is 52.6 Å². The number of hydrogen-bond acceptors (Lipinski definition) is 2. The van der Waals surface area contributed by atoms with Crippen LogP contribution in [0.25, 0.3) is 0 Å². The molecule has 5 heteroatoms. The Balaban J connectivity index is 2.70. The maximum atomic E-state index is 12.4. The van der Waals surface area contributed by atoms with Gasteiger partial charge in [-0.3, -0.25) is 0 Å². The van der Waals surface area contributed by atoms with Crippen LogP contribution in [0.4, 0.5) is 4.79 Å². The molecular formula is C16H24N2O3. The van der Waals surface area contributed by atoms with E-state index in [1.54, 1.807) is 32.7 Å². The molecule has 1 N–H and O–H groups in total. The van der Waals surface area contributed by atoms with Crippen LogP contribution >= 0.6 is 0 Å². The summed E-state index contributed by atoms with van der Waals surface area (Å²) in [7, 11) is 1.70. The van der Waals surface area contributed by atoms with Crippen molar-refractivity contribution in [3.05, 3.63) is 35.9 Å². The molecule has 116 valence electrons. The molecule has 0 aliphatic carbocycles. The first-order valence-corrected chi connectivity index (χ1v) is 7.10. The number of likely N-dealkylation sites (N-methyl/N-ethyl adjacent to an activating group) is 2.